The van der Waals surface area contributed by atoms with Gasteiger partial charge in [0.25, 0.3) is 0 Å². The van der Waals surface area contributed by atoms with E-state index in [0.29, 0.717) is 11.7 Å². The first-order valence-corrected chi connectivity index (χ1v) is 6.47. The Morgan fingerprint density at radius 1 is 1.56 bits per heavy atom. The molecule has 0 aliphatic rings. The molecule has 1 aromatic rings. The van der Waals surface area contributed by atoms with Crippen molar-refractivity contribution in [3.63, 3.8) is 0 Å². The van der Waals surface area contributed by atoms with E-state index in [9.17, 15) is 0 Å². The van der Waals surface area contributed by atoms with E-state index in [1.807, 2.05) is 16.9 Å². The highest BCUT2D eigenvalue weighted by Gasteiger charge is 2.25. The number of rotatable bonds is 5. The summed E-state index contributed by atoms with van der Waals surface area (Å²) in [6.07, 6.45) is 5.53. The molecule has 0 fully saturated rings. The van der Waals surface area contributed by atoms with Crippen LogP contribution in [0.5, 0.6) is 0 Å². The fourth-order valence-corrected chi connectivity index (χ4v) is 1.73. The van der Waals surface area contributed by atoms with Crippen LogP contribution in [0.1, 0.15) is 20.8 Å². The predicted octanol–water partition coefficient (Wildman–Crippen LogP) is 1.95. The molecule has 1 heterocycles. The number of hydrogen-bond acceptors (Lipinski definition) is 2. The van der Waals surface area contributed by atoms with Gasteiger partial charge < -0.3 is 10.6 Å². The van der Waals surface area contributed by atoms with Crippen molar-refractivity contribution in [3.8, 4) is 0 Å². The molecule has 0 spiro atoms. The predicted molar refractivity (Wildman–Crippen MR) is 79.4 cm³/mol. The van der Waals surface area contributed by atoms with E-state index < -0.39 is 0 Å². The molecule has 0 bridgehead atoms. The standard InChI is InChI=1S/C13H22N4S/c1-5-7-14-12(18)16-11(13(2,3)4)10-17-9-6-8-15-17/h5-6,8-9,11H,1,7,10H2,2-4H3,(H2,14,16,18). The third kappa shape index (κ3) is 4.87. The Labute approximate surface area is 114 Å². The van der Waals surface area contributed by atoms with Crippen LogP contribution in [-0.4, -0.2) is 27.5 Å². The molecule has 1 unspecified atom stereocenters. The van der Waals surface area contributed by atoms with Crippen molar-refractivity contribution < 1.29 is 0 Å². The maximum Gasteiger partial charge on any atom is 0.166 e. The maximum absolute atomic E-state index is 5.26. The van der Waals surface area contributed by atoms with Gasteiger partial charge in [-0.05, 0) is 23.7 Å². The van der Waals surface area contributed by atoms with E-state index in [1.54, 1.807) is 12.3 Å². The first-order valence-electron chi connectivity index (χ1n) is 6.06. The smallest absolute Gasteiger partial charge is 0.166 e. The molecule has 0 aromatic carbocycles. The second-order valence-corrected chi connectivity index (χ2v) is 5.70. The van der Waals surface area contributed by atoms with Crippen LogP contribution in [0.4, 0.5) is 0 Å². The van der Waals surface area contributed by atoms with Gasteiger partial charge in [0.15, 0.2) is 5.11 Å². The van der Waals surface area contributed by atoms with Crippen molar-refractivity contribution in [2.24, 2.45) is 5.41 Å². The quantitative estimate of drug-likeness (QED) is 0.631. The van der Waals surface area contributed by atoms with Gasteiger partial charge in [0, 0.05) is 18.9 Å². The van der Waals surface area contributed by atoms with Crippen LogP contribution in [0.3, 0.4) is 0 Å². The van der Waals surface area contributed by atoms with Gasteiger partial charge in [-0.25, -0.2) is 0 Å². The molecule has 2 N–H and O–H groups in total. The third-order valence-electron chi connectivity index (χ3n) is 2.69. The van der Waals surface area contributed by atoms with Crippen LogP contribution >= 0.6 is 12.2 Å². The summed E-state index contributed by atoms with van der Waals surface area (Å²) in [7, 11) is 0. The van der Waals surface area contributed by atoms with Crippen LogP contribution in [0.2, 0.25) is 0 Å². The van der Waals surface area contributed by atoms with Gasteiger partial charge in [0.05, 0.1) is 12.6 Å². The zero-order chi connectivity index (χ0) is 13.6. The molecule has 0 aliphatic heterocycles. The lowest BCUT2D eigenvalue weighted by Gasteiger charge is -2.32. The minimum absolute atomic E-state index is 0.0892. The van der Waals surface area contributed by atoms with Crippen LogP contribution in [-0.2, 0) is 6.54 Å². The van der Waals surface area contributed by atoms with Gasteiger partial charge in [-0.1, -0.05) is 26.8 Å². The summed E-state index contributed by atoms with van der Waals surface area (Å²) in [6.45, 7) is 11.7. The SMILES string of the molecule is C=CCNC(=S)NC(Cn1cccn1)C(C)(C)C. The molecule has 0 saturated heterocycles. The maximum atomic E-state index is 5.26. The molecule has 0 saturated carbocycles. The first-order chi connectivity index (χ1) is 8.43. The Hall–Kier alpha value is -1.36. The van der Waals surface area contributed by atoms with E-state index in [-0.39, 0.29) is 11.5 Å². The lowest BCUT2D eigenvalue weighted by molar-refractivity contribution is 0.260. The average Bonchev–Trinajstić information content (AvgIpc) is 2.77. The van der Waals surface area contributed by atoms with E-state index in [1.165, 1.54) is 0 Å². The fourth-order valence-electron chi connectivity index (χ4n) is 1.51. The number of aromatic nitrogens is 2. The summed E-state index contributed by atoms with van der Waals surface area (Å²) in [6, 6.07) is 2.13. The molecule has 0 aliphatic carbocycles. The lowest BCUT2D eigenvalue weighted by Crippen LogP contribution is -2.50. The van der Waals surface area contributed by atoms with Gasteiger partial charge >= 0.3 is 0 Å². The summed E-state index contributed by atoms with van der Waals surface area (Å²) < 4.78 is 1.92. The topological polar surface area (TPSA) is 41.9 Å². The summed E-state index contributed by atoms with van der Waals surface area (Å²) in [5.41, 5.74) is 0.0892. The van der Waals surface area contributed by atoms with Crippen molar-refractivity contribution >= 4 is 17.3 Å². The van der Waals surface area contributed by atoms with E-state index >= 15 is 0 Å². The molecular formula is C13H22N4S. The second-order valence-electron chi connectivity index (χ2n) is 5.29. The van der Waals surface area contributed by atoms with Gasteiger partial charge in [-0.15, -0.1) is 6.58 Å². The Kier molecular flexibility index (Phi) is 5.34. The van der Waals surface area contributed by atoms with Crippen LogP contribution < -0.4 is 10.6 Å². The van der Waals surface area contributed by atoms with Crippen molar-refractivity contribution in [3.05, 3.63) is 31.1 Å². The molecule has 4 nitrogen and oxygen atoms in total. The number of hydrogen-bond donors (Lipinski definition) is 2. The lowest BCUT2D eigenvalue weighted by atomic mass is 9.87. The van der Waals surface area contributed by atoms with Gasteiger partial charge in [0.2, 0.25) is 0 Å². The van der Waals surface area contributed by atoms with Crippen LogP contribution in [0.25, 0.3) is 0 Å². The summed E-state index contributed by atoms with van der Waals surface area (Å²) in [4.78, 5) is 0. The molecule has 0 amide bonds. The normalized spacial score (nSPS) is 12.8. The van der Waals surface area contributed by atoms with Gasteiger partial charge in [-0.3, -0.25) is 4.68 Å². The largest absolute Gasteiger partial charge is 0.359 e. The van der Waals surface area contributed by atoms with Crippen LogP contribution in [0, 0.1) is 5.41 Å². The summed E-state index contributed by atoms with van der Waals surface area (Å²) in [5, 5.41) is 11.3. The molecule has 18 heavy (non-hydrogen) atoms. The monoisotopic (exact) mass is 266 g/mol. The molecule has 1 rings (SSSR count). The Morgan fingerprint density at radius 2 is 2.28 bits per heavy atom. The van der Waals surface area contributed by atoms with Gasteiger partial charge in [-0.2, -0.15) is 5.10 Å². The minimum atomic E-state index is 0.0892. The summed E-state index contributed by atoms with van der Waals surface area (Å²) >= 11 is 5.26. The zero-order valence-corrected chi connectivity index (χ0v) is 12.1. The highest BCUT2D eigenvalue weighted by molar-refractivity contribution is 7.80. The Morgan fingerprint density at radius 3 is 2.78 bits per heavy atom. The van der Waals surface area contributed by atoms with Crippen LogP contribution in [0.15, 0.2) is 31.1 Å². The molecule has 1 atom stereocenters. The summed E-state index contributed by atoms with van der Waals surface area (Å²) in [5.74, 6) is 0. The Balaban J connectivity index is 2.62. The minimum Gasteiger partial charge on any atom is -0.359 e. The molecule has 1 aromatic heterocycles. The highest BCUT2D eigenvalue weighted by Crippen LogP contribution is 2.20. The average molecular weight is 266 g/mol. The van der Waals surface area contributed by atoms with E-state index in [2.05, 4.69) is 43.1 Å². The molecule has 100 valence electrons. The van der Waals surface area contributed by atoms with Crippen molar-refractivity contribution in [1.82, 2.24) is 20.4 Å². The van der Waals surface area contributed by atoms with Crippen molar-refractivity contribution in [2.45, 2.75) is 33.4 Å². The zero-order valence-electron chi connectivity index (χ0n) is 11.3. The van der Waals surface area contributed by atoms with Crippen molar-refractivity contribution in [1.29, 1.82) is 0 Å². The third-order valence-corrected chi connectivity index (χ3v) is 2.95. The number of nitrogens with one attached hydrogen (secondary N) is 2. The number of thiocarbonyl (C=S) groups is 1. The highest BCUT2D eigenvalue weighted by atomic mass is 32.1. The van der Waals surface area contributed by atoms with E-state index in [0.717, 1.165) is 6.54 Å². The number of nitrogens with zero attached hydrogens (tertiary/aromatic N) is 2. The van der Waals surface area contributed by atoms with Gasteiger partial charge in [0.1, 0.15) is 0 Å². The molecule has 5 heteroatoms. The second kappa shape index (κ2) is 6.54. The fraction of sp³-hybridized carbons (Fsp3) is 0.538. The molecular weight excluding hydrogens is 244 g/mol. The Bertz CT molecular complexity index is 378. The first kappa shape index (κ1) is 14.7. The van der Waals surface area contributed by atoms with Crippen molar-refractivity contribution in [2.75, 3.05) is 6.54 Å². The molecule has 0 radical (unpaired) electrons. The van der Waals surface area contributed by atoms with E-state index in [4.69, 9.17) is 12.2 Å².